The van der Waals surface area contributed by atoms with E-state index in [1.165, 1.54) is 50.1 Å². The van der Waals surface area contributed by atoms with Crippen molar-refractivity contribution in [1.82, 2.24) is 0 Å². The quantitative estimate of drug-likeness (QED) is 0.268. The molecule has 0 heteroatoms. The van der Waals surface area contributed by atoms with E-state index >= 15 is 0 Å². The molecular formula is C33H30. The zero-order valence-corrected chi connectivity index (χ0v) is 19.6. The van der Waals surface area contributed by atoms with Crippen LogP contribution in [-0.4, -0.2) is 0 Å². The second kappa shape index (κ2) is 10.6. The van der Waals surface area contributed by atoms with Crippen LogP contribution >= 0.6 is 0 Å². The highest BCUT2D eigenvalue weighted by molar-refractivity contribution is 5.79. The monoisotopic (exact) mass is 426 g/mol. The molecule has 0 radical (unpaired) electrons. The van der Waals surface area contributed by atoms with Crippen molar-refractivity contribution in [2.45, 2.75) is 20.8 Å². The van der Waals surface area contributed by atoms with Gasteiger partial charge in [-0.15, -0.1) is 0 Å². The van der Waals surface area contributed by atoms with Crippen LogP contribution < -0.4 is 0 Å². The normalized spacial score (nSPS) is 10.3. The van der Waals surface area contributed by atoms with Gasteiger partial charge in [-0.2, -0.15) is 0 Å². The van der Waals surface area contributed by atoms with E-state index in [1.807, 2.05) is 13.8 Å². The number of benzene rings is 5. The molecule has 5 aromatic carbocycles. The number of rotatable bonds is 4. The van der Waals surface area contributed by atoms with Gasteiger partial charge in [0.2, 0.25) is 0 Å². The smallest absolute Gasteiger partial charge is 0.0178 e. The average molecular weight is 427 g/mol. The summed E-state index contributed by atoms with van der Waals surface area (Å²) in [6.07, 6.45) is 0. The molecule has 0 aromatic heterocycles. The molecule has 5 rings (SSSR count). The van der Waals surface area contributed by atoms with Gasteiger partial charge in [-0.05, 0) is 69.6 Å². The molecular weight excluding hydrogens is 396 g/mol. The van der Waals surface area contributed by atoms with Gasteiger partial charge in [-0.1, -0.05) is 129 Å². The summed E-state index contributed by atoms with van der Waals surface area (Å²) in [6, 6.07) is 45.7. The zero-order chi connectivity index (χ0) is 23.0. The third-order valence-electron chi connectivity index (χ3n) is 5.71. The molecule has 0 amide bonds. The van der Waals surface area contributed by atoms with E-state index in [1.54, 1.807) is 0 Å². The van der Waals surface area contributed by atoms with Gasteiger partial charge in [0.15, 0.2) is 0 Å². The highest BCUT2D eigenvalue weighted by Gasteiger charge is 2.06. The third kappa shape index (κ3) is 5.30. The van der Waals surface area contributed by atoms with Gasteiger partial charge in [0.05, 0.1) is 0 Å². The molecule has 0 heterocycles. The molecule has 0 fully saturated rings. The lowest BCUT2D eigenvalue weighted by molar-refractivity contribution is 1.47. The van der Waals surface area contributed by atoms with Crippen LogP contribution in [0, 0.1) is 6.92 Å². The molecule has 0 aliphatic heterocycles. The fourth-order valence-corrected chi connectivity index (χ4v) is 4.09. The molecule has 0 aliphatic rings. The minimum Gasteiger partial charge on any atom is -0.0683 e. The van der Waals surface area contributed by atoms with E-state index in [0.717, 1.165) is 0 Å². The lowest BCUT2D eigenvalue weighted by Gasteiger charge is -2.10. The van der Waals surface area contributed by atoms with E-state index < -0.39 is 0 Å². The molecule has 0 atom stereocenters. The molecule has 0 saturated heterocycles. The first-order valence-corrected chi connectivity index (χ1v) is 11.7. The summed E-state index contributed by atoms with van der Waals surface area (Å²) in [7, 11) is 0. The molecule has 0 aliphatic carbocycles. The Morgan fingerprint density at radius 3 is 1.00 bits per heavy atom. The highest BCUT2D eigenvalue weighted by Crippen LogP contribution is 2.31. The minimum absolute atomic E-state index is 1.23. The van der Waals surface area contributed by atoms with Crippen LogP contribution in [0.1, 0.15) is 19.4 Å². The topological polar surface area (TPSA) is 0 Å². The zero-order valence-electron chi connectivity index (χ0n) is 19.6. The first-order valence-electron chi connectivity index (χ1n) is 11.7. The maximum atomic E-state index is 2.29. The van der Waals surface area contributed by atoms with Gasteiger partial charge in [-0.3, -0.25) is 0 Å². The fourth-order valence-electron chi connectivity index (χ4n) is 4.09. The van der Waals surface area contributed by atoms with Gasteiger partial charge < -0.3 is 0 Å². The van der Waals surface area contributed by atoms with Crippen LogP contribution in [-0.2, 0) is 0 Å². The predicted molar refractivity (Wildman–Crippen MR) is 144 cm³/mol. The van der Waals surface area contributed by atoms with Crippen molar-refractivity contribution in [2.75, 3.05) is 0 Å². The van der Waals surface area contributed by atoms with E-state index in [2.05, 4.69) is 134 Å². The van der Waals surface area contributed by atoms with E-state index in [0.29, 0.717) is 0 Å². The first-order chi connectivity index (χ1) is 16.3. The molecule has 0 bridgehead atoms. The second-order valence-corrected chi connectivity index (χ2v) is 7.98. The van der Waals surface area contributed by atoms with Gasteiger partial charge >= 0.3 is 0 Å². The molecule has 0 unspecified atom stereocenters. The average Bonchev–Trinajstić information content (AvgIpc) is 2.91. The Morgan fingerprint density at radius 1 is 0.303 bits per heavy atom. The molecule has 5 aromatic rings. The number of hydrogen-bond acceptors (Lipinski definition) is 0. The SMILES string of the molecule is CC.Cc1cccc(-c2cccc(-c3cccc(-c4cccc(-c5ccccc5)c4)c3)c2)c1. The summed E-state index contributed by atoms with van der Waals surface area (Å²) in [4.78, 5) is 0. The lowest BCUT2D eigenvalue weighted by Crippen LogP contribution is -1.85. The Kier molecular flexibility index (Phi) is 7.17. The predicted octanol–water partition coefficient (Wildman–Crippen LogP) is 9.69. The second-order valence-electron chi connectivity index (χ2n) is 7.98. The molecule has 33 heavy (non-hydrogen) atoms. The minimum atomic E-state index is 1.23. The van der Waals surface area contributed by atoms with Crippen LogP contribution in [0.4, 0.5) is 0 Å². The number of aryl methyl sites for hydroxylation is 1. The van der Waals surface area contributed by atoms with Crippen molar-refractivity contribution in [3.8, 4) is 44.5 Å². The van der Waals surface area contributed by atoms with Crippen LogP contribution in [0.15, 0.2) is 127 Å². The molecule has 0 saturated carbocycles. The summed E-state index contributed by atoms with van der Waals surface area (Å²) in [5.74, 6) is 0. The molecule has 0 nitrogen and oxygen atoms in total. The standard InChI is InChI=1S/C31H24.C2H6/c1-23-9-5-12-25(19-23)27-14-7-16-29(21-27)31-18-8-17-30(22-31)28-15-6-13-26(20-28)24-10-3-2-4-11-24;1-2/h2-22H,1H3;1-2H3. The van der Waals surface area contributed by atoms with Gasteiger partial charge in [0.25, 0.3) is 0 Å². The van der Waals surface area contributed by atoms with Crippen molar-refractivity contribution in [1.29, 1.82) is 0 Å². The summed E-state index contributed by atoms with van der Waals surface area (Å²) in [5.41, 5.74) is 11.2. The Balaban J connectivity index is 0.00000126. The molecule has 162 valence electrons. The van der Waals surface area contributed by atoms with Crippen molar-refractivity contribution in [3.63, 3.8) is 0 Å². The third-order valence-corrected chi connectivity index (χ3v) is 5.71. The number of hydrogen-bond donors (Lipinski definition) is 0. The van der Waals surface area contributed by atoms with Gasteiger partial charge in [-0.25, -0.2) is 0 Å². The van der Waals surface area contributed by atoms with E-state index in [-0.39, 0.29) is 0 Å². The van der Waals surface area contributed by atoms with E-state index in [9.17, 15) is 0 Å². The van der Waals surface area contributed by atoms with Gasteiger partial charge in [0, 0.05) is 0 Å². The van der Waals surface area contributed by atoms with Crippen LogP contribution in [0.2, 0.25) is 0 Å². The maximum Gasteiger partial charge on any atom is -0.0178 e. The maximum absolute atomic E-state index is 2.29. The van der Waals surface area contributed by atoms with Crippen LogP contribution in [0.5, 0.6) is 0 Å². The fraction of sp³-hybridized carbons (Fsp3) is 0.0909. The highest BCUT2D eigenvalue weighted by atomic mass is 14.1. The molecule has 0 spiro atoms. The van der Waals surface area contributed by atoms with Crippen LogP contribution in [0.25, 0.3) is 44.5 Å². The van der Waals surface area contributed by atoms with Gasteiger partial charge in [0.1, 0.15) is 0 Å². The largest absolute Gasteiger partial charge is 0.0683 e. The Labute approximate surface area is 198 Å². The summed E-state index contributed by atoms with van der Waals surface area (Å²) >= 11 is 0. The Hall–Kier alpha value is -3.90. The van der Waals surface area contributed by atoms with Crippen LogP contribution in [0.3, 0.4) is 0 Å². The molecule has 0 N–H and O–H groups in total. The Morgan fingerprint density at radius 2 is 0.606 bits per heavy atom. The summed E-state index contributed by atoms with van der Waals surface area (Å²) in [6.45, 7) is 6.14. The van der Waals surface area contributed by atoms with Crippen molar-refractivity contribution < 1.29 is 0 Å². The van der Waals surface area contributed by atoms with Crippen molar-refractivity contribution in [3.05, 3.63) is 133 Å². The van der Waals surface area contributed by atoms with E-state index in [4.69, 9.17) is 0 Å². The van der Waals surface area contributed by atoms with Crippen molar-refractivity contribution in [2.24, 2.45) is 0 Å². The lowest BCUT2D eigenvalue weighted by atomic mass is 9.94. The summed E-state index contributed by atoms with van der Waals surface area (Å²) < 4.78 is 0. The summed E-state index contributed by atoms with van der Waals surface area (Å²) in [5, 5.41) is 0. The van der Waals surface area contributed by atoms with Crippen molar-refractivity contribution >= 4 is 0 Å². The first kappa shape index (κ1) is 22.3. The Bertz CT molecular complexity index is 1330.